The molecule has 0 saturated carbocycles. The number of carbonyl (C=O) groups excluding carboxylic acids is 2. The van der Waals surface area contributed by atoms with E-state index in [9.17, 15) is 9.59 Å². The molecule has 3 rings (SSSR count). The van der Waals surface area contributed by atoms with E-state index < -0.39 is 5.97 Å². The highest BCUT2D eigenvalue weighted by Crippen LogP contribution is 2.32. The van der Waals surface area contributed by atoms with Gasteiger partial charge in [0.1, 0.15) is 5.76 Å². The summed E-state index contributed by atoms with van der Waals surface area (Å²) in [4.78, 5) is 27.8. The Hall–Kier alpha value is -2.56. The van der Waals surface area contributed by atoms with Crippen molar-refractivity contribution in [2.24, 2.45) is 11.8 Å². The lowest BCUT2D eigenvalue weighted by Gasteiger charge is -2.37. The Morgan fingerprint density at radius 3 is 1.94 bits per heavy atom. The van der Waals surface area contributed by atoms with E-state index in [4.69, 9.17) is 27.9 Å². The molecule has 1 aliphatic rings. The summed E-state index contributed by atoms with van der Waals surface area (Å²) in [6, 6.07) is 13.2. The van der Waals surface area contributed by atoms with E-state index in [1.807, 2.05) is 6.08 Å². The molecule has 1 aliphatic heterocycles. The average Bonchev–Trinajstić information content (AvgIpc) is 2.74. The Balaban J connectivity index is 1.97. The number of halogens is 2. The predicted octanol–water partition coefficient (Wildman–Crippen LogP) is 7.14. The number of ether oxygens (including phenoxy) is 1. The van der Waals surface area contributed by atoms with Crippen molar-refractivity contribution in [3.63, 3.8) is 0 Å². The SMILES string of the molecule is CC(C)CC1C(C(C)C)=CC(OC(=O)c2ccc(Cl)cc2)=CN1C(=O)c1ccc(Cl)cc1. The zero-order chi connectivity index (χ0) is 23.4. The Morgan fingerprint density at radius 2 is 1.44 bits per heavy atom. The molecule has 1 amide bonds. The maximum absolute atomic E-state index is 13.5. The number of hydrogen-bond donors (Lipinski definition) is 0. The van der Waals surface area contributed by atoms with Gasteiger partial charge in [0.25, 0.3) is 5.91 Å². The van der Waals surface area contributed by atoms with Gasteiger partial charge in [0.2, 0.25) is 0 Å². The largest absolute Gasteiger partial charge is 0.421 e. The monoisotopic (exact) mass is 471 g/mol. The summed E-state index contributed by atoms with van der Waals surface area (Å²) in [6.45, 7) is 8.41. The quantitative estimate of drug-likeness (QED) is 0.420. The van der Waals surface area contributed by atoms with E-state index in [2.05, 4.69) is 27.7 Å². The molecule has 168 valence electrons. The van der Waals surface area contributed by atoms with E-state index in [0.717, 1.165) is 12.0 Å². The van der Waals surface area contributed by atoms with Crippen LogP contribution in [-0.4, -0.2) is 22.8 Å². The molecule has 1 heterocycles. The minimum Gasteiger partial charge on any atom is -0.421 e. The van der Waals surface area contributed by atoms with Crippen LogP contribution in [0.1, 0.15) is 54.8 Å². The lowest BCUT2D eigenvalue weighted by molar-refractivity contribution is 0.0604. The second kappa shape index (κ2) is 10.4. The molecule has 0 N–H and O–H groups in total. The van der Waals surface area contributed by atoms with Crippen LogP contribution in [0.15, 0.2) is 72.1 Å². The van der Waals surface area contributed by atoms with Crippen LogP contribution in [0.25, 0.3) is 0 Å². The normalized spacial score (nSPS) is 16.1. The second-order valence-corrected chi connectivity index (χ2v) is 9.46. The van der Waals surface area contributed by atoms with E-state index in [1.165, 1.54) is 0 Å². The average molecular weight is 472 g/mol. The number of rotatable bonds is 6. The zero-order valence-corrected chi connectivity index (χ0v) is 20.2. The molecule has 6 heteroatoms. The third kappa shape index (κ3) is 5.81. The number of amides is 1. The smallest absolute Gasteiger partial charge is 0.343 e. The van der Waals surface area contributed by atoms with Gasteiger partial charge in [-0.1, -0.05) is 50.9 Å². The Bertz CT molecular complexity index is 1040. The standard InChI is InChI=1S/C26H27Cl2NO3/c1-16(2)13-24-23(17(3)4)14-22(32-26(31)19-7-11-21(28)12-8-19)15-29(24)25(30)18-5-9-20(27)10-6-18/h5-12,14-17,24H,13H2,1-4H3. The first kappa shape index (κ1) is 24.1. The topological polar surface area (TPSA) is 46.6 Å². The number of carbonyl (C=O) groups is 2. The first-order valence-corrected chi connectivity index (χ1v) is 11.4. The molecule has 1 atom stereocenters. The van der Waals surface area contributed by atoms with Gasteiger partial charge in [-0.2, -0.15) is 0 Å². The second-order valence-electron chi connectivity index (χ2n) is 8.59. The van der Waals surface area contributed by atoms with Crippen LogP contribution < -0.4 is 0 Å². The summed E-state index contributed by atoms with van der Waals surface area (Å²) in [5.41, 5.74) is 1.95. The highest BCUT2D eigenvalue weighted by atomic mass is 35.5. The highest BCUT2D eigenvalue weighted by molar-refractivity contribution is 6.31. The van der Waals surface area contributed by atoms with Crippen molar-refractivity contribution in [2.75, 3.05) is 0 Å². The first-order chi connectivity index (χ1) is 15.2. The van der Waals surface area contributed by atoms with Crippen LogP contribution in [0.5, 0.6) is 0 Å². The third-order valence-corrected chi connectivity index (χ3v) is 5.78. The molecule has 2 aromatic rings. The minimum atomic E-state index is -0.506. The fraction of sp³-hybridized carbons (Fsp3) is 0.308. The lowest BCUT2D eigenvalue weighted by Crippen LogP contribution is -2.42. The van der Waals surface area contributed by atoms with Crippen LogP contribution in [0.4, 0.5) is 0 Å². The molecule has 2 aromatic carbocycles. The third-order valence-electron chi connectivity index (χ3n) is 5.27. The summed E-state index contributed by atoms with van der Waals surface area (Å²) < 4.78 is 5.67. The Morgan fingerprint density at radius 1 is 0.906 bits per heavy atom. The van der Waals surface area contributed by atoms with E-state index in [-0.39, 0.29) is 17.9 Å². The molecule has 0 fully saturated rings. The summed E-state index contributed by atoms with van der Waals surface area (Å²) in [5.74, 6) is 0.189. The van der Waals surface area contributed by atoms with Gasteiger partial charge in [-0.25, -0.2) is 4.79 Å². The summed E-state index contributed by atoms with van der Waals surface area (Å²) in [5, 5.41) is 1.10. The van der Waals surface area contributed by atoms with Gasteiger partial charge in [0.05, 0.1) is 17.8 Å². The molecule has 4 nitrogen and oxygen atoms in total. The summed E-state index contributed by atoms with van der Waals surface area (Å²) in [7, 11) is 0. The van der Waals surface area contributed by atoms with Crippen LogP contribution in [0.2, 0.25) is 10.0 Å². The molecule has 0 saturated heterocycles. The van der Waals surface area contributed by atoms with Crippen molar-refractivity contribution >= 4 is 35.1 Å². The Labute approximate surface area is 199 Å². The minimum absolute atomic E-state index is 0.129. The number of esters is 1. The molecule has 0 aliphatic carbocycles. The highest BCUT2D eigenvalue weighted by Gasteiger charge is 2.32. The van der Waals surface area contributed by atoms with Crippen molar-refractivity contribution in [2.45, 2.75) is 40.2 Å². The zero-order valence-electron chi connectivity index (χ0n) is 18.6. The molecule has 0 spiro atoms. The number of allylic oxidation sites excluding steroid dienone is 1. The first-order valence-electron chi connectivity index (χ1n) is 10.6. The van der Waals surface area contributed by atoms with E-state index >= 15 is 0 Å². The molecule has 32 heavy (non-hydrogen) atoms. The van der Waals surface area contributed by atoms with Crippen LogP contribution in [0, 0.1) is 11.8 Å². The molecule has 0 radical (unpaired) electrons. The number of nitrogens with zero attached hydrogens (tertiary/aromatic N) is 1. The van der Waals surface area contributed by atoms with Crippen molar-refractivity contribution in [3.05, 3.63) is 93.3 Å². The van der Waals surface area contributed by atoms with Gasteiger partial charge in [-0.05, 0) is 78.4 Å². The van der Waals surface area contributed by atoms with Crippen molar-refractivity contribution in [1.29, 1.82) is 0 Å². The van der Waals surface area contributed by atoms with Gasteiger partial charge in [0, 0.05) is 15.6 Å². The number of hydrogen-bond acceptors (Lipinski definition) is 3. The maximum Gasteiger partial charge on any atom is 0.343 e. The fourth-order valence-electron chi connectivity index (χ4n) is 3.68. The van der Waals surface area contributed by atoms with E-state index in [1.54, 1.807) is 59.6 Å². The number of benzene rings is 2. The van der Waals surface area contributed by atoms with Crippen molar-refractivity contribution in [3.8, 4) is 0 Å². The molecule has 0 bridgehead atoms. The van der Waals surface area contributed by atoms with Crippen LogP contribution in [-0.2, 0) is 4.74 Å². The predicted molar refractivity (Wildman–Crippen MR) is 129 cm³/mol. The van der Waals surface area contributed by atoms with Gasteiger partial charge in [0.15, 0.2) is 0 Å². The summed E-state index contributed by atoms with van der Waals surface area (Å²) in [6.07, 6.45) is 4.30. The van der Waals surface area contributed by atoms with Crippen molar-refractivity contribution in [1.82, 2.24) is 4.90 Å². The van der Waals surface area contributed by atoms with Crippen molar-refractivity contribution < 1.29 is 14.3 Å². The van der Waals surface area contributed by atoms with Gasteiger partial charge >= 0.3 is 5.97 Å². The van der Waals surface area contributed by atoms with Crippen LogP contribution in [0.3, 0.4) is 0 Å². The summed E-state index contributed by atoms with van der Waals surface area (Å²) >= 11 is 11.9. The molecule has 1 unspecified atom stereocenters. The molecular weight excluding hydrogens is 445 g/mol. The van der Waals surface area contributed by atoms with Gasteiger partial charge in [-0.3, -0.25) is 4.79 Å². The maximum atomic E-state index is 13.5. The van der Waals surface area contributed by atoms with E-state index in [0.29, 0.717) is 32.8 Å². The fourth-order valence-corrected chi connectivity index (χ4v) is 3.93. The van der Waals surface area contributed by atoms with Gasteiger partial charge in [-0.15, -0.1) is 0 Å². The molecular formula is C26H27Cl2NO3. The van der Waals surface area contributed by atoms with Crippen LogP contribution >= 0.6 is 23.2 Å². The lowest BCUT2D eigenvalue weighted by atomic mass is 9.86. The Kier molecular flexibility index (Phi) is 7.81. The van der Waals surface area contributed by atoms with Gasteiger partial charge < -0.3 is 9.64 Å². The molecule has 0 aromatic heterocycles.